The number of ether oxygens (including phenoxy) is 1. The normalized spacial score (nSPS) is 16.0. The molecule has 1 amide bonds. The van der Waals surface area contributed by atoms with Gasteiger partial charge in [0.25, 0.3) is 13.4 Å². The Morgan fingerprint density at radius 2 is 1.91 bits per heavy atom. The first-order valence-electron chi connectivity index (χ1n) is 10.9. The minimum Gasteiger partial charge on any atom is -0.379 e. The number of rotatable bonds is 7. The fourth-order valence-electron chi connectivity index (χ4n) is 3.71. The summed E-state index contributed by atoms with van der Waals surface area (Å²) in [5.74, 6) is -0.237. The van der Waals surface area contributed by atoms with E-state index in [-0.39, 0.29) is 5.91 Å². The van der Waals surface area contributed by atoms with Crippen LogP contribution in [0.4, 0.5) is 17.1 Å². The molecule has 2 N–H and O–H groups in total. The van der Waals surface area contributed by atoms with Crippen LogP contribution in [0.25, 0.3) is 0 Å². The zero-order chi connectivity index (χ0) is 24.3. The van der Waals surface area contributed by atoms with Gasteiger partial charge in [-0.25, -0.2) is 4.67 Å². The van der Waals surface area contributed by atoms with Crippen LogP contribution < -0.4 is 20.6 Å². The molecule has 0 spiro atoms. The van der Waals surface area contributed by atoms with Crippen molar-refractivity contribution in [3.63, 3.8) is 0 Å². The molecule has 0 unspecified atom stereocenters. The molecule has 4 rings (SSSR count). The Hall–Kier alpha value is -2.35. The molecule has 1 fully saturated rings. The van der Waals surface area contributed by atoms with E-state index >= 15 is 0 Å². The number of nitrogens with zero attached hydrogens (tertiary/aromatic N) is 2. The van der Waals surface area contributed by atoms with E-state index in [1.165, 1.54) is 11.3 Å². The highest BCUT2D eigenvalue weighted by Gasteiger charge is 2.37. The average molecular weight is 519 g/mol. The molecule has 1 aliphatic rings. The van der Waals surface area contributed by atoms with E-state index in [4.69, 9.17) is 16.3 Å². The summed E-state index contributed by atoms with van der Waals surface area (Å²) in [6.07, 6.45) is 0. The van der Waals surface area contributed by atoms with Gasteiger partial charge in [-0.05, 0) is 54.3 Å². The van der Waals surface area contributed by atoms with Gasteiger partial charge in [-0.15, -0.1) is 11.3 Å². The number of amides is 1. The van der Waals surface area contributed by atoms with Crippen molar-refractivity contribution in [3.8, 4) is 0 Å². The number of hydrogen-bond donors (Lipinski definition) is 2. The Kier molecular flexibility index (Phi) is 7.65. The van der Waals surface area contributed by atoms with Gasteiger partial charge in [0.2, 0.25) is 0 Å². The van der Waals surface area contributed by atoms with Gasteiger partial charge in [-0.2, -0.15) is 0 Å². The minimum atomic E-state index is -3.41. The van der Waals surface area contributed by atoms with Crippen LogP contribution in [0.3, 0.4) is 0 Å². The van der Waals surface area contributed by atoms with E-state index in [1.54, 1.807) is 12.1 Å². The fraction of sp³-hybridized carbons (Fsp3) is 0.292. The van der Waals surface area contributed by atoms with Gasteiger partial charge in [-0.3, -0.25) is 9.36 Å². The number of nitrogens with one attached hydrogen (secondary N) is 2. The van der Waals surface area contributed by atoms with Crippen LogP contribution >= 0.6 is 30.4 Å². The number of thiophene rings is 1. The molecule has 7 nitrogen and oxygen atoms in total. The summed E-state index contributed by atoms with van der Waals surface area (Å²) >= 11 is 7.72. The molecule has 0 bridgehead atoms. The summed E-state index contributed by atoms with van der Waals surface area (Å²) in [6, 6.07) is 14.7. The standard InChI is InChI=1S/C24H28ClN4O3PS/c1-17-6-7-18(15-20(17)25)27-33(31,29-10-12-32-13-11-29)22-9-8-19(28(2)3)16-21(22)26-24(30)23-5-4-14-34-23/h4-9,14-16H,10-13H2,1-3H3,(H,26,30)(H,27,31)/t33-/m1/s1. The molecule has 1 saturated heterocycles. The number of aryl methyl sites for hydroxylation is 1. The zero-order valence-corrected chi connectivity index (χ0v) is 21.8. The van der Waals surface area contributed by atoms with Crippen LogP contribution in [-0.2, 0) is 9.30 Å². The van der Waals surface area contributed by atoms with Gasteiger partial charge in [0, 0.05) is 43.6 Å². The number of carbonyl (C=O) groups excluding carboxylic acids is 1. The largest absolute Gasteiger partial charge is 0.379 e. The van der Waals surface area contributed by atoms with Crippen LogP contribution in [0.5, 0.6) is 0 Å². The van der Waals surface area contributed by atoms with Crippen LogP contribution in [0.2, 0.25) is 5.02 Å². The molecular weight excluding hydrogens is 491 g/mol. The highest BCUT2D eigenvalue weighted by molar-refractivity contribution is 7.71. The third kappa shape index (κ3) is 5.32. The van der Waals surface area contributed by atoms with Crippen molar-refractivity contribution in [2.75, 3.05) is 55.7 Å². The first kappa shape index (κ1) is 24.8. The van der Waals surface area contributed by atoms with Crippen molar-refractivity contribution in [2.45, 2.75) is 6.92 Å². The highest BCUT2D eigenvalue weighted by Crippen LogP contribution is 2.51. The van der Waals surface area contributed by atoms with Crippen molar-refractivity contribution < 1.29 is 14.1 Å². The predicted octanol–water partition coefficient (Wildman–Crippen LogP) is 5.29. The number of benzene rings is 2. The van der Waals surface area contributed by atoms with Crippen LogP contribution in [0, 0.1) is 6.92 Å². The summed E-state index contributed by atoms with van der Waals surface area (Å²) < 4.78 is 22.3. The summed E-state index contributed by atoms with van der Waals surface area (Å²) in [7, 11) is 0.439. The summed E-state index contributed by atoms with van der Waals surface area (Å²) in [5, 5.41) is 9.27. The molecule has 0 saturated carbocycles. The lowest BCUT2D eigenvalue weighted by Gasteiger charge is -2.36. The van der Waals surface area contributed by atoms with Gasteiger partial charge >= 0.3 is 0 Å². The third-order valence-corrected chi connectivity index (χ3v) is 9.73. The second kappa shape index (κ2) is 10.5. The molecule has 2 heterocycles. The molecular formula is C24H28ClN4O3PS. The molecule has 10 heteroatoms. The molecule has 1 atom stereocenters. The quantitative estimate of drug-likeness (QED) is 0.414. The van der Waals surface area contributed by atoms with Gasteiger partial charge in [0.05, 0.1) is 29.1 Å². The van der Waals surface area contributed by atoms with Crippen molar-refractivity contribution in [2.24, 2.45) is 0 Å². The SMILES string of the molecule is Cc1ccc(N[P@](=O)(c2ccc(N(C)C)cc2NC(=O)c2cccs2)N2CCOCC2)cc1Cl. The van der Waals surface area contributed by atoms with E-state index in [0.717, 1.165) is 11.3 Å². The number of halogens is 1. The molecule has 0 aliphatic carbocycles. The number of hydrogen-bond acceptors (Lipinski definition) is 5. The van der Waals surface area contributed by atoms with Gasteiger partial charge in [-0.1, -0.05) is 23.7 Å². The van der Waals surface area contributed by atoms with Crippen molar-refractivity contribution in [1.29, 1.82) is 0 Å². The Morgan fingerprint density at radius 1 is 1.15 bits per heavy atom. The van der Waals surface area contributed by atoms with Crippen LogP contribution in [0.15, 0.2) is 53.9 Å². The molecule has 34 heavy (non-hydrogen) atoms. The van der Waals surface area contributed by atoms with Gasteiger partial charge in [0.1, 0.15) is 0 Å². The third-order valence-electron chi connectivity index (χ3n) is 5.65. The summed E-state index contributed by atoms with van der Waals surface area (Å²) in [5.41, 5.74) is 2.98. The molecule has 2 aromatic carbocycles. The Morgan fingerprint density at radius 3 is 2.56 bits per heavy atom. The predicted molar refractivity (Wildman–Crippen MR) is 142 cm³/mol. The fourth-order valence-corrected chi connectivity index (χ4v) is 7.02. The number of carbonyl (C=O) groups is 1. The maximum Gasteiger partial charge on any atom is 0.268 e. The molecule has 0 radical (unpaired) electrons. The number of morpholine rings is 1. The minimum absolute atomic E-state index is 0.237. The van der Waals surface area contributed by atoms with E-state index in [9.17, 15) is 9.36 Å². The average Bonchev–Trinajstić information content (AvgIpc) is 3.37. The number of anilines is 3. The van der Waals surface area contributed by atoms with Crippen LogP contribution in [-0.4, -0.2) is 51.0 Å². The summed E-state index contributed by atoms with van der Waals surface area (Å²) in [4.78, 5) is 15.5. The lowest BCUT2D eigenvalue weighted by molar-refractivity contribution is 0.0729. The van der Waals surface area contributed by atoms with E-state index in [2.05, 4.69) is 10.4 Å². The van der Waals surface area contributed by atoms with Crippen molar-refractivity contribution in [3.05, 3.63) is 69.4 Å². The van der Waals surface area contributed by atoms with E-state index in [1.807, 2.05) is 72.4 Å². The molecule has 180 valence electrons. The van der Waals surface area contributed by atoms with E-state index in [0.29, 0.717) is 52.9 Å². The summed E-state index contributed by atoms with van der Waals surface area (Å²) in [6.45, 7) is 3.88. The Bertz CT molecular complexity index is 1210. The Balaban J connectivity index is 1.81. The zero-order valence-electron chi connectivity index (χ0n) is 19.4. The highest BCUT2D eigenvalue weighted by atomic mass is 35.5. The Labute approximate surface area is 209 Å². The second-order valence-corrected chi connectivity index (χ2v) is 12.0. The second-order valence-electron chi connectivity index (χ2n) is 8.25. The first-order valence-corrected chi connectivity index (χ1v) is 13.8. The van der Waals surface area contributed by atoms with E-state index < -0.39 is 7.44 Å². The first-order chi connectivity index (χ1) is 16.3. The smallest absolute Gasteiger partial charge is 0.268 e. The van der Waals surface area contributed by atoms with Crippen molar-refractivity contribution >= 4 is 58.7 Å². The molecule has 1 aliphatic heterocycles. The monoisotopic (exact) mass is 518 g/mol. The van der Waals surface area contributed by atoms with Gasteiger partial charge < -0.3 is 20.0 Å². The topological polar surface area (TPSA) is 73.9 Å². The lowest BCUT2D eigenvalue weighted by Crippen LogP contribution is -2.39. The maximum atomic E-state index is 14.9. The van der Waals surface area contributed by atoms with Crippen LogP contribution in [0.1, 0.15) is 15.2 Å². The molecule has 3 aromatic rings. The maximum absolute atomic E-state index is 14.9. The molecule has 1 aromatic heterocycles. The van der Waals surface area contributed by atoms with Crippen molar-refractivity contribution in [1.82, 2.24) is 4.67 Å². The lowest BCUT2D eigenvalue weighted by atomic mass is 10.2. The van der Waals surface area contributed by atoms with Gasteiger partial charge in [0.15, 0.2) is 0 Å².